The van der Waals surface area contributed by atoms with Gasteiger partial charge in [-0.15, -0.1) is 0 Å². The number of urea groups is 1. The second kappa shape index (κ2) is 7.41. The van der Waals surface area contributed by atoms with Gasteiger partial charge in [0.05, 0.1) is 5.92 Å². The third kappa shape index (κ3) is 5.32. The van der Waals surface area contributed by atoms with Gasteiger partial charge in [0.1, 0.15) is 5.75 Å². The van der Waals surface area contributed by atoms with Crippen LogP contribution in [0.2, 0.25) is 0 Å². The molecule has 0 radical (unpaired) electrons. The molecule has 1 aromatic carbocycles. The number of benzene rings is 1. The summed E-state index contributed by atoms with van der Waals surface area (Å²) in [5.41, 5.74) is 0.581. The van der Waals surface area contributed by atoms with Gasteiger partial charge in [-0.3, -0.25) is 4.79 Å². The smallest absolute Gasteiger partial charge is 0.422 e. The number of likely N-dealkylation sites (tertiary alicyclic amines) is 1. The summed E-state index contributed by atoms with van der Waals surface area (Å²) in [6, 6.07) is 5.58. The maximum Gasteiger partial charge on any atom is 0.422 e. The number of rotatable bonds is 5. The van der Waals surface area contributed by atoms with Crippen molar-refractivity contribution < 1.29 is 32.6 Å². The van der Waals surface area contributed by atoms with E-state index in [1.165, 1.54) is 23.1 Å². The summed E-state index contributed by atoms with van der Waals surface area (Å²) >= 11 is 0. The van der Waals surface area contributed by atoms with Gasteiger partial charge < -0.3 is 20.1 Å². The zero-order valence-electron chi connectivity index (χ0n) is 12.7. The van der Waals surface area contributed by atoms with Crippen LogP contribution in [0.4, 0.5) is 18.0 Å². The summed E-state index contributed by atoms with van der Waals surface area (Å²) in [6.07, 6.45) is -4.01. The Morgan fingerprint density at radius 1 is 1.38 bits per heavy atom. The summed E-state index contributed by atoms with van der Waals surface area (Å²) in [5, 5.41) is 11.5. The summed E-state index contributed by atoms with van der Waals surface area (Å²) in [6.45, 7) is -0.767. The Bertz CT molecular complexity index is 607. The van der Waals surface area contributed by atoms with Crippen molar-refractivity contribution in [2.24, 2.45) is 5.92 Å². The van der Waals surface area contributed by atoms with Crippen LogP contribution in [0.5, 0.6) is 5.75 Å². The van der Waals surface area contributed by atoms with Crippen molar-refractivity contribution in [2.45, 2.75) is 19.1 Å². The summed E-state index contributed by atoms with van der Waals surface area (Å²) < 4.78 is 41.0. The average Bonchev–Trinajstić information content (AvgIpc) is 3.01. The molecule has 0 aliphatic carbocycles. The van der Waals surface area contributed by atoms with E-state index in [9.17, 15) is 22.8 Å². The van der Waals surface area contributed by atoms with Crippen molar-refractivity contribution in [3.63, 3.8) is 0 Å². The van der Waals surface area contributed by atoms with Crippen LogP contribution >= 0.6 is 0 Å². The Balaban J connectivity index is 1.84. The number of aliphatic carboxylic acids is 1. The molecule has 1 saturated heterocycles. The molecule has 1 atom stereocenters. The highest BCUT2D eigenvalue weighted by molar-refractivity contribution is 5.77. The van der Waals surface area contributed by atoms with Crippen molar-refractivity contribution in [1.82, 2.24) is 10.2 Å². The average molecular weight is 346 g/mol. The first-order valence-electron chi connectivity index (χ1n) is 7.28. The lowest BCUT2D eigenvalue weighted by Crippen LogP contribution is -2.38. The van der Waals surface area contributed by atoms with Crippen LogP contribution in [0.25, 0.3) is 0 Å². The van der Waals surface area contributed by atoms with Crippen molar-refractivity contribution >= 4 is 12.0 Å². The molecule has 1 aliphatic heterocycles. The number of amides is 2. The molecule has 1 aromatic rings. The predicted molar refractivity (Wildman–Crippen MR) is 77.5 cm³/mol. The number of hydrogen-bond donors (Lipinski definition) is 2. The molecule has 6 nitrogen and oxygen atoms in total. The summed E-state index contributed by atoms with van der Waals surface area (Å²) in [4.78, 5) is 24.2. The molecule has 0 saturated carbocycles. The number of carbonyl (C=O) groups is 2. The van der Waals surface area contributed by atoms with Gasteiger partial charge in [0.15, 0.2) is 6.61 Å². The van der Waals surface area contributed by atoms with Crippen molar-refractivity contribution in [1.29, 1.82) is 0 Å². The van der Waals surface area contributed by atoms with E-state index < -0.39 is 30.7 Å². The normalized spacial score (nSPS) is 17.6. The highest BCUT2D eigenvalue weighted by Crippen LogP contribution is 2.20. The minimum Gasteiger partial charge on any atom is -0.484 e. The maximum absolute atomic E-state index is 12.1. The number of nitrogens with zero attached hydrogens (tertiary/aromatic N) is 1. The summed E-state index contributed by atoms with van der Waals surface area (Å²) in [7, 11) is 0. The minimum absolute atomic E-state index is 0.0613. The van der Waals surface area contributed by atoms with Crippen molar-refractivity contribution in [3.8, 4) is 5.75 Å². The maximum atomic E-state index is 12.1. The molecule has 2 amide bonds. The predicted octanol–water partition coefficient (Wildman–Crippen LogP) is 2.24. The van der Waals surface area contributed by atoms with Gasteiger partial charge >= 0.3 is 18.2 Å². The highest BCUT2D eigenvalue weighted by atomic mass is 19.4. The fourth-order valence-corrected chi connectivity index (χ4v) is 2.35. The molecule has 2 N–H and O–H groups in total. The van der Waals surface area contributed by atoms with Crippen LogP contribution in [-0.2, 0) is 11.3 Å². The van der Waals surface area contributed by atoms with E-state index in [0.717, 1.165) is 0 Å². The Kier molecular flexibility index (Phi) is 5.53. The molecule has 0 spiro atoms. The van der Waals surface area contributed by atoms with E-state index in [-0.39, 0.29) is 18.8 Å². The topological polar surface area (TPSA) is 78.9 Å². The Morgan fingerprint density at radius 2 is 2.12 bits per heavy atom. The van der Waals surface area contributed by atoms with Crippen LogP contribution in [-0.4, -0.2) is 47.9 Å². The zero-order valence-corrected chi connectivity index (χ0v) is 12.7. The molecule has 9 heteroatoms. The van der Waals surface area contributed by atoms with E-state index in [0.29, 0.717) is 18.5 Å². The highest BCUT2D eigenvalue weighted by Gasteiger charge is 2.30. The minimum atomic E-state index is -4.42. The molecule has 0 bridgehead atoms. The van der Waals surface area contributed by atoms with Gasteiger partial charge in [-0.05, 0) is 24.1 Å². The number of alkyl halides is 3. The second-order valence-corrected chi connectivity index (χ2v) is 5.48. The second-order valence-electron chi connectivity index (χ2n) is 5.48. The van der Waals surface area contributed by atoms with Crippen LogP contribution in [0.1, 0.15) is 12.0 Å². The van der Waals surface area contributed by atoms with Crippen molar-refractivity contribution in [3.05, 3.63) is 29.8 Å². The molecule has 1 unspecified atom stereocenters. The number of ether oxygens (including phenoxy) is 1. The molecule has 1 aliphatic rings. The number of carboxylic acids is 1. The van der Waals surface area contributed by atoms with Crippen molar-refractivity contribution in [2.75, 3.05) is 19.7 Å². The first-order valence-corrected chi connectivity index (χ1v) is 7.28. The number of halogens is 3. The number of hydrogen-bond acceptors (Lipinski definition) is 3. The Morgan fingerprint density at radius 3 is 2.75 bits per heavy atom. The van der Waals surface area contributed by atoms with Gasteiger partial charge in [0.25, 0.3) is 0 Å². The number of nitrogens with one attached hydrogen (secondary N) is 1. The Hall–Kier alpha value is -2.45. The molecule has 1 fully saturated rings. The number of carbonyl (C=O) groups excluding carboxylic acids is 1. The van der Waals surface area contributed by atoms with Crippen LogP contribution in [0.15, 0.2) is 24.3 Å². The first kappa shape index (κ1) is 17.9. The van der Waals surface area contributed by atoms with Gasteiger partial charge in [-0.1, -0.05) is 12.1 Å². The lowest BCUT2D eigenvalue weighted by molar-refractivity contribution is -0.153. The van der Waals surface area contributed by atoms with Crippen LogP contribution in [0, 0.1) is 5.92 Å². The van der Waals surface area contributed by atoms with E-state index in [1.807, 2.05) is 0 Å². The van der Waals surface area contributed by atoms with Crippen LogP contribution < -0.4 is 10.1 Å². The van der Waals surface area contributed by atoms with E-state index in [1.54, 1.807) is 6.07 Å². The standard InChI is InChI=1S/C15H17F3N2O4/c16-15(17,18)9-24-12-3-1-2-10(6-12)7-19-14(23)20-5-4-11(8-20)13(21)22/h1-3,6,11H,4-5,7-9H2,(H,19,23)(H,21,22). The lowest BCUT2D eigenvalue weighted by atomic mass is 10.1. The van der Waals surface area contributed by atoms with E-state index in [4.69, 9.17) is 5.11 Å². The summed E-state index contributed by atoms with van der Waals surface area (Å²) in [5.74, 6) is -1.43. The molecular formula is C15H17F3N2O4. The number of carboxylic acid groups (broad SMARTS) is 1. The van der Waals surface area contributed by atoms with Crippen LogP contribution in [0.3, 0.4) is 0 Å². The molecule has 0 aromatic heterocycles. The largest absolute Gasteiger partial charge is 0.484 e. The fraction of sp³-hybridized carbons (Fsp3) is 0.467. The monoisotopic (exact) mass is 346 g/mol. The van der Waals surface area contributed by atoms with Gasteiger partial charge in [-0.25, -0.2) is 4.79 Å². The molecule has 132 valence electrons. The quantitative estimate of drug-likeness (QED) is 0.857. The zero-order chi connectivity index (χ0) is 17.7. The third-order valence-corrected chi connectivity index (χ3v) is 3.57. The van der Waals surface area contributed by atoms with Gasteiger partial charge in [0, 0.05) is 19.6 Å². The van der Waals surface area contributed by atoms with Gasteiger partial charge in [0.2, 0.25) is 0 Å². The fourth-order valence-electron chi connectivity index (χ4n) is 2.35. The SMILES string of the molecule is O=C(O)C1CCN(C(=O)NCc2cccc(OCC(F)(F)F)c2)C1. The molecule has 2 rings (SSSR count). The van der Waals surface area contributed by atoms with E-state index >= 15 is 0 Å². The first-order chi connectivity index (χ1) is 11.2. The van der Waals surface area contributed by atoms with E-state index in [2.05, 4.69) is 10.1 Å². The lowest BCUT2D eigenvalue weighted by Gasteiger charge is -2.17. The third-order valence-electron chi connectivity index (χ3n) is 3.57. The Labute approximate surface area is 136 Å². The molecule has 1 heterocycles. The molecular weight excluding hydrogens is 329 g/mol. The van der Waals surface area contributed by atoms with Gasteiger partial charge in [-0.2, -0.15) is 13.2 Å². The molecule has 24 heavy (non-hydrogen) atoms.